The van der Waals surface area contributed by atoms with Crippen molar-refractivity contribution in [1.29, 1.82) is 0 Å². The Bertz CT molecular complexity index is 2150. The van der Waals surface area contributed by atoms with Gasteiger partial charge >= 0.3 is 12.2 Å². The largest absolute Gasteiger partial charge is 0.453 e. The Morgan fingerprint density at radius 1 is 0.588 bits per heavy atom. The van der Waals surface area contributed by atoms with Gasteiger partial charge in [-0.25, -0.2) is 9.59 Å². The first-order valence-electron chi connectivity index (χ1n) is 24.2. The van der Waals surface area contributed by atoms with Crippen LogP contribution in [0.15, 0.2) is 72.8 Å². The van der Waals surface area contributed by atoms with Gasteiger partial charge in [-0.2, -0.15) is 0 Å². The van der Waals surface area contributed by atoms with E-state index in [2.05, 4.69) is 109 Å². The molecule has 6 amide bonds. The lowest BCUT2D eigenvalue weighted by atomic mass is 10.0. The summed E-state index contributed by atoms with van der Waals surface area (Å²) in [5.41, 5.74) is 4.57. The summed E-state index contributed by atoms with van der Waals surface area (Å²) in [4.78, 5) is 84.4. The summed E-state index contributed by atoms with van der Waals surface area (Å²) < 4.78 is 9.51. The zero-order valence-corrected chi connectivity index (χ0v) is 42.8. The zero-order valence-electron chi connectivity index (χ0n) is 41.8. The lowest BCUT2D eigenvalue weighted by molar-refractivity contribution is -0.139. The predicted molar refractivity (Wildman–Crippen MR) is 268 cm³/mol. The minimum atomic E-state index is -1.80. The van der Waals surface area contributed by atoms with Gasteiger partial charge in [-0.1, -0.05) is 103 Å². The van der Waals surface area contributed by atoms with E-state index >= 15 is 0 Å². The van der Waals surface area contributed by atoms with Crippen molar-refractivity contribution in [3.05, 3.63) is 83.9 Å². The Morgan fingerprint density at radius 3 is 1.31 bits per heavy atom. The topological polar surface area (TPSA) is 179 Å². The van der Waals surface area contributed by atoms with Crippen molar-refractivity contribution in [3.8, 4) is 0 Å². The number of carbonyl (C=O) groups excluding carboxylic acids is 6. The molecule has 3 saturated heterocycles. The Hall–Kier alpha value is -5.90. The van der Waals surface area contributed by atoms with E-state index in [1.165, 1.54) is 19.4 Å². The first kappa shape index (κ1) is 51.5. The number of methoxy groups -OCH3 is 2. The highest BCUT2D eigenvalue weighted by Gasteiger charge is 2.42. The number of carbonyl (C=O) groups is 6. The number of hydrogen-bond acceptors (Lipinski definition) is 9. The second-order valence-electron chi connectivity index (χ2n) is 20.8. The molecule has 0 aromatic heterocycles. The van der Waals surface area contributed by atoms with Crippen molar-refractivity contribution in [2.75, 3.05) is 42.8 Å². The van der Waals surface area contributed by atoms with Crippen LogP contribution in [0.25, 0.3) is 0 Å². The average Bonchev–Trinajstić information content (AvgIpc) is 4.11. The van der Waals surface area contributed by atoms with Crippen molar-refractivity contribution in [2.24, 2.45) is 11.8 Å². The van der Waals surface area contributed by atoms with Crippen molar-refractivity contribution in [3.63, 3.8) is 0 Å². The van der Waals surface area contributed by atoms with Crippen LogP contribution in [-0.4, -0.2) is 105 Å². The number of anilines is 3. The molecule has 68 heavy (non-hydrogen) atoms. The molecule has 3 aromatic rings. The smallest absolute Gasteiger partial charge is 0.407 e. The molecular formula is C52H73N7O8Si. The molecule has 6 rings (SSSR count). The Kier molecular flexibility index (Phi) is 16.3. The number of ether oxygens (including phenoxy) is 2. The summed E-state index contributed by atoms with van der Waals surface area (Å²) in [6.45, 7) is 20.0. The third-order valence-corrected chi connectivity index (χ3v) is 20.3. The lowest BCUT2D eigenvalue weighted by Gasteiger charge is -2.38. The van der Waals surface area contributed by atoms with Crippen LogP contribution < -0.4 is 31.4 Å². The van der Waals surface area contributed by atoms with Gasteiger partial charge in [-0.3, -0.25) is 19.2 Å². The summed E-state index contributed by atoms with van der Waals surface area (Å²) in [6.07, 6.45) is 2.78. The number of hydrogen-bond donors (Lipinski definition) is 4. The van der Waals surface area contributed by atoms with Crippen LogP contribution in [-0.2, 0) is 28.7 Å². The highest BCUT2D eigenvalue weighted by Crippen LogP contribution is 2.47. The van der Waals surface area contributed by atoms with E-state index in [0.717, 1.165) is 29.7 Å². The summed E-state index contributed by atoms with van der Waals surface area (Å²) in [6, 6.07) is 22.1. The van der Waals surface area contributed by atoms with E-state index in [1.54, 1.807) is 9.80 Å². The van der Waals surface area contributed by atoms with Crippen molar-refractivity contribution < 1.29 is 38.2 Å². The van der Waals surface area contributed by atoms with Gasteiger partial charge in [0.15, 0.2) is 0 Å². The number of alkyl carbamates (subject to hydrolysis) is 2. The first-order valence-corrected chi connectivity index (χ1v) is 27.2. The van der Waals surface area contributed by atoms with Crippen LogP contribution >= 0.6 is 0 Å². The van der Waals surface area contributed by atoms with Gasteiger partial charge in [-0.05, 0) is 103 Å². The van der Waals surface area contributed by atoms with Crippen molar-refractivity contribution >= 4 is 66.1 Å². The van der Waals surface area contributed by atoms with E-state index in [0.29, 0.717) is 50.1 Å². The Balaban J connectivity index is 1.20. The maximum atomic E-state index is 13.7. The maximum absolute atomic E-state index is 13.7. The minimum Gasteiger partial charge on any atom is -0.453 e. The van der Waals surface area contributed by atoms with E-state index in [-0.39, 0.29) is 52.6 Å². The molecule has 6 atom stereocenters. The highest BCUT2D eigenvalue weighted by molar-refractivity contribution is 6.92. The van der Waals surface area contributed by atoms with E-state index in [9.17, 15) is 28.8 Å². The fourth-order valence-corrected chi connectivity index (χ4v) is 11.6. The molecule has 3 aliphatic rings. The Morgan fingerprint density at radius 2 is 0.971 bits per heavy atom. The van der Waals surface area contributed by atoms with Crippen LogP contribution in [0, 0.1) is 11.8 Å². The zero-order chi connectivity index (χ0) is 49.7. The molecule has 0 aliphatic carbocycles. The number of likely N-dealkylation sites (tertiary alicyclic amines) is 2. The fraction of sp³-hybridized carbons (Fsp3) is 0.538. The summed E-state index contributed by atoms with van der Waals surface area (Å²) >= 11 is 0. The SMILES string of the molecule is COC(=O)N[C@H](C(=O)N1CCC[C@H]1C(=O)Nc1ccc([C@@H]2CC[C@@H](c3ccc(NC(=O)[C@@H]4CCCN4C(=O)[C@@H](NC(=O)OC)C(C)C)cc3)N2c2ccc([Si](C)(C)C(C)(C)C)cc2)cc1)C(C)C. The van der Waals surface area contributed by atoms with Gasteiger partial charge in [0.2, 0.25) is 23.6 Å². The molecule has 15 nitrogen and oxygen atoms in total. The Labute approximate surface area is 403 Å². The summed E-state index contributed by atoms with van der Waals surface area (Å²) in [5, 5.41) is 13.0. The van der Waals surface area contributed by atoms with E-state index in [1.807, 2.05) is 52.0 Å². The van der Waals surface area contributed by atoms with Gasteiger partial charge in [0.05, 0.1) is 34.4 Å². The van der Waals surface area contributed by atoms with Crippen LogP contribution in [0.2, 0.25) is 18.1 Å². The number of nitrogens with one attached hydrogen (secondary N) is 4. The van der Waals surface area contributed by atoms with Crippen molar-refractivity contribution in [2.45, 2.75) is 141 Å². The molecule has 0 unspecified atom stereocenters. The highest BCUT2D eigenvalue weighted by atomic mass is 28.3. The quantitative estimate of drug-likeness (QED) is 0.116. The van der Waals surface area contributed by atoms with E-state index < -0.39 is 44.4 Å². The minimum absolute atomic E-state index is 0.0234. The van der Waals surface area contributed by atoms with Gasteiger partial charge in [0.1, 0.15) is 24.2 Å². The maximum Gasteiger partial charge on any atom is 0.407 e. The summed E-state index contributed by atoms with van der Waals surface area (Å²) in [7, 11) is 0.710. The molecule has 4 N–H and O–H groups in total. The van der Waals surface area contributed by atoms with Gasteiger partial charge in [0.25, 0.3) is 0 Å². The van der Waals surface area contributed by atoms with Crippen LogP contribution in [0.4, 0.5) is 26.7 Å². The van der Waals surface area contributed by atoms with Gasteiger partial charge in [-0.15, -0.1) is 0 Å². The number of benzene rings is 3. The monoisotopic (exact) mass is 952 g/mol. The molecule has 16 heteroatoms. The number of nitrogens with zero attached hydrogens (tertiary/aromatic N) is 3. The normalized spacial score (nSPS) is 20.5. The fourth-order valence-electron chi connectivity index (χ4n) is 9.70. The molecule has 3 aromatic carbocycles. The third-order valence-electron chi connectivity index (χ3n) is 14.7. The molecule has 0 spiro atoms. The molecule has 3 heterocycles. The van der Waals surface area contributed by atoms with Crippen molar-refractivity contribution in [1.82, 2.24) is 20.4 Å². The van der Waals surface area contributed by atoms with Crippen LogP contribution in [0.1, 0.15) is 110 Å². The molecular weight excluding hydrogens is 879 g/mol. The third kappa shape index (κ3) is 11.3. The van der Waals surface area contributed by atoms with Gasteiger partial charge < -0.3 is 45.4 Å². The molecule has 368 valence electrons. The van der Waals surface area contributed by atoms with E-state index in [4.69, 9.17) is 9.47 Å². The summed E-state index contributed by atoms with van der Waals surface area (Å²) in [5.74, 6) is -1.55. The lowest BCUT2D eigenvalue weighted by Crippen LogP contribution is -2.54. The molecule has 0 saturated carbocycles. The van der Waals surface area contributed by atoms with Gasteiger partial charge in [0, 0.05) is 30.2 Å². The number of rotatable bonds is 14. The molecule has 3 fully saturated rings. The first-order chi connectivity index (χ1) is 32.2. The molecule has 0 radical (unpaired) electrons. The molecule has 3 aliphatic heterocycles. The second kappa shape index (κ2) is 21.6. The molecule has 0 bridgehead atoms. The standard InChI is InChI=1S/C52H73N7O8Si/c1-32(2)44(55-50(64)66-8)48(62)57-30-12-14-42(57)46(60)53-36-20-16-34(17-21-36)40-28-29-41(59(40)38-24-26-39(27-25-38)68(10,11)52(5,6)7)35-18-22-37(23-19-35)54-47(61)43-15-13-31-58(43)49(63)45(33(3)4)56-51(65)67-9/h16-27,32-33,40-45H,12-15,28-31H2,1-11H3,(H,53,60)(H,54,61)(H,55,64)(H,56,65)/t40-,41-,42-,43-,44-,45-/m0/s1. The average molecular weight is 952 g/mol. The predicted octanol–water partition coefficient (Wildman–Crippen LogP) is 8.11. The van der Waals surface area contributed by atoms with Crippen LogP contribution in [0.3, 0.4) is 0 Å². The second-order valence-corrected chi connectivity index (χ2v) is 26.1. The van der Waals surface area contributed by atoms with Crippen LogP contribution in [0.5, 0.6) is 0 Å². The number of amides is 6.